The third kappa shape index (κ3) is 5.93. The van der Waals surface area contributed by atoms with Gasteiger partial charge in [0.1, 0.15) is 42.6 Å². The smallest absolute Gasteiger partial charge is 0.143 e. The quantitative estimate of drug-likeness (QED) is 0.123. The first-order valence-electron chi connectivity index (χ1n) is 22.3. The first kappa shape index (κ1) is 38.0. The number of fused-ring (bicyclic) bond motifs is 9. The van der Waals surface area contributed by atoms with Gasteiger partial charge in [-0.3, -0.25) is 0 Å². The van der Waals surface area contributed by atoms with Crippen molar-refractivity contribution in [2.75, 3.05) is 4.90 Å². The maximum absolute atomic E-state index is 6.87. The van der Waals surface area contributed by atoms with Crippen LogP contribution in [0.5, 0.6) is 0 Å². The SMILES string of the molecule is Bc1c(B)c(N(c2ccc(-c3cccc4c3oc3c(-c5ccccc5)cccc34)cc2)c2cc3ccccc3c3ccccc23)c(B)c(B)c1-c1ccc2c(ccc3ccccc32)c1. The Labute approximate surface area is 376 Å². The molecule has 0 saturated carbocycles. The van der Waals surface area contributed by atoms with E-state index >= 15 is 0 Å². The number of rotatable bonds is 6. The van der Waals surface area contributed by atoms with Gasteiger partial charge in [0.25, 0.3) is 0 Å². The standard InChI is InChI=1S/C58H41B4NO/c59-52-51(39-28-31-43-38(32-39)25-24-35-14-4-6-16-41(35)43)53(60)55(62)56(54(52)61)63(50-33-37-15-5-7-17-42(37)46-18-8-9-19-47(46)50)40-29-26-36(27-30-40)45-21-11-23-49-48-22-10-20-44(57(48)64-58(45)49)34-12-2-1-3-13-34/h1-33H,59-62H2. The highest BCUT2D eigenvalue weighted by Crippen LogP contribution is 2.44. The van der Waals surface area contributed by atoms with Gasteiger partial charge < -0.3 is 9.32 Å². The van der Waals surface area contributed by atoms with Crippen LogP contribution in [0, 0.1) is 0 Å². The number of hydrogen-bond acceptors (Lipinski definition) is 2. The molecular formula is C58H41B4NO. The number of hydrogen-bond donors (Lipinski definition) is 0. The molecule has 64 heavy (non-hydrogen) atoms. The molecule has 0 spiro atoms. The van der Waals surface area contributed by atoms with Crippen molar-refractivity contribution < 1.29 is 4.42 Å². The van der Waals surface area contributed by atoms with Gasteiger partial charge >= 0.3 is 0 Å². The maximum atomic E-state index is 6.87. The highest BCUT2D eigenvalue weighted by Gasteiger charge is 2.25. The zero-order valence-corrected chi connectivity index (χ0v) is 36.4. The van der Waals surface area contributed by atoms with E-state index in [1.807, 2.05) is 0 Å². The number of furan rings is 1. The van der Waals surface area contributed by atoms with Gasteiger partial charge in [0, 0.05) is 38.7 Å². The Bertz CT molecular complexity index is 3810. The normalized spacial score (nSPS) is 11.7. The molecule has 11 aromatic carbocycles. The van der Waals surface area contributed by atoms with Crippen LogP contribution in [-0.4, -0.2) is 31.4 Å². The molecule has 0 bridgehead atoms. The third-order valence-electron chi connectivity index (χ3n) is 13.9. The van der Waals surface area contributed by atoms with Crippen LogP contribution in [0.15, 0.2) is 205 Å². The minimum Gasteiger partial charge on any atom is -0.455 e. The van der Waals surface area contributed by atoms with Crippen LogP contribution in [-0.2, 0) is 0 Å². The van der Waals surface area contributed by atoms with Gasteiger partial charge in [0.15, 0.2) is 0 Å². The average Bonchev–Trinajstić information content (AvgIpc) is 3.74. The fraction of sp³-hybridized carbons (Fsp3) is 0. The predicted octanol–water partition coefficient (Wildman–Crippen LogP) is 9.70. The predicted molar refractivity (Wildman–Crippen MR) is 287 cm³/mol. The van der Waals surface area contributed by atoms with E-state index in [-0.39, 0.29) is 0 Å². The van der Waals surface area contributed by atoms with Gasteiger partial charge in [-0.15, -0.1) is 0 Å². The van der Waals surface area contributed by atoms with Gasteiger partial charge in [-0.25, -0.2) is 0 Å². The molecule has 0 radical (unpaired) electrons. The molecule has 0 saturated heterocycles. The molecule has 0 aliphatic heterocycles. The first-order chi connectivity index (χ1) is 31.4. The molecule has 0 unspecified atom stereocenters. The van der Waals surface area contributed by atoms with Gasteiger partial charge in [-0.1, -0.05) is 198 Å². The second-order valence-electron chi connectivity index (χ2n) is 17.3. The van der Waals surface area contributed by atoms with E-state index in [1.165, 1.54) is 81.8 Å². The molecule has 2 nitrogen and oxygen atoms in total. The fourth-order valence-electron chi connectivity index (χ4n) is 10.5. The molecule has 12 rings (SSSR count). The highest BCUT2D eigenvalue weighted by molar-refractivity contribution is 6.63. The van der Waals surface area contributed by atoms with E-state index in [0.717, 1.165) is 55.6 Å². The van der Waals surface area contributed by atoms with E-state index in [2.05, 4.69) is 236 Å². The molecule has 0 fully saturated rings. The largest absolute Gasteiger partial charge is 0.455 e. The second-order valence-corrected chi connectivity index (χ2v) is 17.3. The lowest BCUT2D eigenvalue weighted by Crippen LogP contribution is -2.46. The Morgan fingerprint density at radius 2 is 0.812 bits per heavy atom. The maximum Gasteiger partial charge on any atom is 0.143 e. The number of anilines is 3. The zero-order valence-electron chi connectivity index (χ0n) is 36.4. The summed E-state index contributed by atoms with van der Waals surface area (Å²) in [5, 5.41) is 12.3. The van der Waals surface area contributed by atoms with Gasteiger partial charge in [0.05, 0.1) is 5.69 Å². The Kier molecular flexibility index (Phi) is 8.91. The summed E-state index contributed by atoms with van der Waals surface area (Å²) in [6.07, 6.45) is 0. The number of para-hydroxylation sites is 2. The average molecular weight is 811 g/mol. The first-order valence-corrected chi connectivity index (χ1v) is 22.3. The van der Waals surface area contributed by atoms with Crippen LogP contribution in [0.1, 0.15) is 0 Å². The number of benzene rings is 11. The summed E-state index contributed by atoms with van der Waals surface area (Å²) in [5.74, 6) is 0. The zero-order chi connectivity index (χ0) is 43.1. The van der Waals surface area contributed by atoms with Crippen LogP contribution in [0.2, 0.25) is 0 Å². The van der Waals surface area contributed by atoms with Crippen molar-refractivity contribution in [3.8, 4) is 33.4 Å². The van der Waals surface area contributed by atoms with E-state index in [4.69, 9.17) is 4.42 Å². The van der Waals surface area contributed by atoms with Crippen molar-refractivity contribution in [2.45, 2.75) is 0 Å². The summed E-state index contributed by atoms with van der Waals surface area (Å²) in [6, 6.07) is 72.9. The Balaban J connectivity index is 1.04. The molecule has 0 aliphatic rings. The molecule has 1 aromatic heterocycles. The summed E-state index contributed by atoms with van der Waals surface area (Å²) in [7, 11) is 9.24. The number of nitrogens with zero attached hydrogens (tertiary/aromatic N) is 1. The summed E-state index contributed by atoms with van der Waals surface area (Å²) < 4.78 is 6.87. The van der Waals surface area contributed by atoms with Crippen molar-refractivity contribution >= 4 is 135 Å². The van der Waals surface area contributed by atoms with Crippen molar-refractivity contribution in [1.29, 1.82) is 0 Å². The summed E-state index contributed by atoms with van der Waals surface area (Å²) in [6.45, 7) is 0. The molecule has 296 valence electrons. The van der Waals surface area contributed by atoms with Crippen LogP contribution in [0.25, 0.3) is 98.4 Å². The van der Waals surface area contributed by atoms with E-state index in [1.54, 1.807) is 0 Å². The fourth-order valence-corrected chi connectivity index (χ4v) is 10.5. The Morgan fingerprint density at radius 3 is 1.48 bits per heavy atom. The second kappa shape index (κ2) is 15.0. The molecule has 1 heterocycles. The summed E-state index contributed by atoms with van der Waals surface area (Å²) in [4.78, 5) is 2.52. The molecule has 0 amide bonds. The van der Waals surface area contributed by atoms with Crippen molar-refractivity contribution in [1.82, 2.24) is 0 Å². The summed E-state index contributed by atoms with van der Waals surface area (Å²) >= 11 is 0. The van der Waals surface area contributed by atoms with Crippen LogP contribution in [0.3, 0.4) is 0 Å². The molecule has 12 aromatic rings. The Hall–Kier alpha value is -7.68. The molecular weight excluding hydrogens is 770 g/mol. The van der Waals surface area contributed by atoms with Crippen LogP contribution in [0.4, 0.5) is 17.1 Å². The van der Waals surface area contributed by atoms with Gasteiger partial charge in [-0.2, -0.15) is 0 Å². The monoisotopic (exact) mass is 811 g/mol. The lowest BCUT2D eigenvalue weighted by atomic mass is 9.64. The van der Waals surface area contributed by atoms with Gasteiger partial charge in [-0.05, 0) is 84.2 Å². The van der Waals surface area contributed by atoms with Crippen molar-refractivity contribution in [2.24, 2.45) is 0 Å². The highest BCUT2D eigenvalue weighted by atomic mass is 16.3. The minimum atomic E-state index is 0.904. The van der Waals surface area contributed by atoms with Crippen molar-refractivity contribution in [3.05, 3.63) is 200 Å². The summed E-state index contributed by atoms with van der Waals surface area (Å²) in [5.41, 5.74) is 17.4. The van der Waals surface area contributed by atoms with Crippen LogP contribution >= 0.6 is 0 Å². The third-order valence-corrected chi connectivity index (χ3v) is 13.9. The van der Waals surface area contributed by atoms with Crippen LogP contribution < -0.4 is 26.8 Å². The topological polar surface area (TPSA) is 16.4 Å². The molecule has 0 atom stereocenters. The van der Waals surface area contributed by atoms with Gasteiger partial charge in [0.2, 0.25) is 0 Å². The van der Waals surface area contributed by atoms with Crippen molar-refractivity contribution in [3.63, 3.8) is 0 Å². The van der Waals surface area contributed by atoms with E-state index < -0.39 is 0 Å². The molecule has 0 N–H and O–H groups in total. The lowest BCUT2D eigenvalue weighted by Gasteiger charge is -2.33. The van der Waals surface area contributed by atoms with E-state index in [9.17, 15) is 0 Å². The minimum absolute atomic E-state index is 0.904. The lowest BCUT2D eigenvalue weighted by molar-refractivity contribution is 0.671. The molecule has 6 heteroatoms. The Morgan fingerprint density at radius 1 is 0.328 bits per heavy atom. The molecule has 0 aliphatic carbocycles. The van der Waals surface area contributed by atoms with E-state index in [0.29, 0.717) is 0 Å².